The monoisotopic (exact) mass is 251 g/mol. The second kappa shape index (κ2) is 5.83. The van der Waals surface area contributed by atoms with Gasteiger partial charge in [-0.3, -0.25) is 0 Å². The van der Waals surface area contributed by atoms with Crippen molar-refractivity contribution in [2.45, 2.75) is 13.5 Å². The number of nitriles is 1. The molecule has 94 valence electrons. The zero-order valence-electron chi connectivity index (χ0n) is 10.6. The summed E-state index contributed by atoms with van der Waals surface area (Å²) in [7, 11) is 0. The first-order valence-electron chi connectivity index (χ1n) is 5.92. The Morgan fingerprint density at radius 3 is 2.58 bits per heavy atom. The minimum absolute atomic E-state index is 0.249. The molecule has 0 aliphatic rings. The number of benzene rings is 2. The summed E-state index contributed by atoms with van der Waals surface area (Å²) >= 11 is 0. The molecule has 3 heteroatoms. The Morgan fingerprint density at radius 1 is 1.21 bits per heavy atom. The first-order valence-corrected chi connectivity index (χ1v) is 5.92. The summed E-state index contributed by atoms with van der Waals surface area (Å²) in [5, 5.41) is 8.78. The third-order valence-corrected chi connectivity index (χ3v) is 2.79. The maximum atomic E-state index is 11.9. The second-order valence-corrected chi connectivity index (χ2v) is 4.20. The van der Waals surface area contributed by atoms with Gasteiger partial charge in [0.2, 0.25) is 0 Å². The largest absolute Gasteiger partial charge is 0.457 e. The molecule has 0 aliphatic carbocycles. The number of ether oxygens (including phenoxy) is 1. The fraction of sp³-hybridized carbons (Fsp3) is 0.125. The molecule has 0 bridgehead atoms. The van der Waals surface area contributed by atoms with Gasteiger partial charge in [-0.2, -0.15) is 5.26 Å². The molecule has 2 aromatic carbocycles. The van der Waals surface area contributed by atoms with Gasteiger partial charge in [0.15, 0.2) is 0 Å². The second-order valence-electron chi connectivity index (χ2n) is 4.20. The molecule has 0 unspecified atom stereocenters. The minimum Gasteiger partial charge on any atom is -0.457 e. The number of carbonyl (C=O) groups excluding carboxylic acids is 1. The molecule has 3 nitrogen and oxygen atoms in total. The van der Waals surface area contributed by atoms with E-state index in [1.807, 2.05) is 36.4 Å². The lowest BCUT2D eigenvalue weighted by Crippen LogP contribution is -2.07. The highest BCUT2D eigenvalue weighted by Crippen LogP contribution is 2.13. The third-order valence-electron chi connectivity index (χ3n) is 2.79. The summed E-state index contributed by atoms with van der Waals surface area (Å²) in [6, 6.07) is 16.5. The molecule has 0 amide bonds. The molecule has 0 spiro atoms. The predicted molar refractivity (Wildman–Crippen MR) is 71.5 cm³/mol. The molecule has 0 saturated carbocycles. The Hall–Kier alpha value is -2.60. The normalized spacial score (nSPS) is 9.68. The van der Waals surface area contributed by atoms with Crippen molar-refractivity contribution in [3.05, 3.63) is 70.8 Å². The maximum absolute atomic E-state index is 11.9. The highest BCUT2D eigenvalue weighted by molar-refractivity contribution is 5.91. The Balaban J connectivity index is 2.07. The molecular weight excluding hydrogens is 238 g/mol. The van der Waals surface area contributed by atoms with Crippen molar-refractivity contribution in [1.29, 1.82) is 5.26 Å². The summed E-state index contributed by atoms with van der Waals surface area (Å²) in [5.74, 6) is -0.370. The van der Waals surface area contributed by atoms with Gasteiger partial charge in [-0.25, -0.2) is 4.79 Å². The molecule has 0 atom stereocenters. The standard InChI is InChI=1S/C16H13NO2/c1-12-9-14(10-17)7-8-15(12)16(18)19-11-13-5-3-2-4-6-13/h2-9H,11H2,1H3. The van der Waals surface area contributed by atoms with Crippen molar-refractivity contribution in [2.75, 3.05) is 0 Å². The lowest BCUT2D eigenvalue weighted by Gasteiger charge is -2.07. The van der Waals surface area contributed by atoms with Crippen molar-refractivity contribution in [3.8, 4) is 6.07 Å². The van der Waals surface area contributed by atoms with Crippen LogP contribution in [-0.2, 0) is 11.3 Å². The molecule has 0 heterocycles. The van der Waals surface area contributed by atoms with Crippen molar-refractivity contribution < 1.29 is 9.53 Å². The molecule has 0 N–H and O–H groups in total. The van der Waals surface area contributed by atoms with E-state index >= 15 is 0 Å². The van der Waals surface area contributed by atoms with Crippen LogP contribution in [0, 0.1) is 18.3 Å². The van der Waals surface area contributed by atoms with Crippen molar-refractivity contribution >= 4 is 5.97 Å². The number of esters is 1. The predicted octanol–water partition coefficient (Wildman–Crippen LogP) is 3.22. The summed E-state index contributed by atoms with van der Waals surface area (Å²) in [4.78, 5) is 11.9. The van der Waals surface area contributed by atoms with E-state index in [1.165, 1.54) is 0 Å². The Morgan fingerprint density at radius 2 is 1.95 bits per heavy atom. The molecule has 0 saturated heterocycles. The van der Waals surface area contributed by atoms with Crippen LogP contribution in [0.5, 0.6) is 0 Å². The number of rotatable bonds is 3. The van der Waals surface area contributed by atoms with E-state index < -0.39 is 0 Å². The van der Waals surface area contributed by atoms with Crippen LogP contribution >= 0.6 is 0 Å². The van der Waals surface area contributed by atoms with E-state index in [0.29, 0.717) is 11.1 Å². The molecule has 2 aromatic rings. The average Bonchev–Trinajstić information content (AvgIpc) is 2.45. The van der Waals surface area contributed by atoms with Crippen LogP contribution in [0.25, 0.3) is 0 Å². The topological polar surface area (TPSA) is 50.1 Å². The summed E-state index contributed by atoms with van der Waals surface area (Å²) in [6.45, 7) is 2.04. The highest BCUT2D eigenvalue weighted by Gasteiger charge is 2.11. The SMILES string of the molecule is Cc1cc(C#N)ccc1C(=O)OCc1ccccc1. The number of hydrogen-bond acceptors (Lipinski definition) is 3. The van der Waals surface area contributed by atoms with Crippen molar-refractivity contribution in [1.82, 2.24) is 0 Å². The van der Waals surface area contributed by atoms with Crippen LogP contribution in [0.4, 0.5) is 0 Å². The zero-order valence-corrected chi connectivity index (χ0v) is 10.6. The van der Waals surface area contributed by atoms with E-state index in [-0.39, 0.29) is 12.6 Å². The lowest BCUT2D eigenvalue weighted by molar-refractivity contribution is 0.0472. The van der Waals surface area contributed by atoms with E-state index in [1.54, 1.807) is 25.1 Å². The number of hydrogen-bond donors (Lipinski definition) is 0. The van der Waals surface area contributed by atoms with Crippen LogP contribution < -0.4 is 0 Å². The van der Waals surface area contributed by atoms with Crippen LogP contribution in [-0.4, -0.2) is 5.97 Å². The van der Waals surface area contributed by atoms with Gasteiger partial charge in [0.25, 0.3) is 0 Å². The average molecular weight is 251 g/mol. The number of aryl methyl sites for hydroxylation is 1. The summed E-state index contributed by atoms with van der Waals surface area (Å²) in [6.07, 6.45) is 0. The number of carbonyl (C=O) groups is 1. The quantitative estimate of drug-likeness (QED) is 0.787. The van der Waals surface area contributed by atoms with Crippen LogP contribution in [0.2, 0.25) is 0 Å². The van der Waals surface area contributed by atoms with E-state index in [9.17, 15) is 4.79 Å². The minimum atomic E-state index is -0.370. The van der Waals surface area contributed by atoms with Crippen LogP contribution in [0.15, 0.2) is 48.5 Å². The van der Waals surface area contributed by atoms with Gasteiger partial charge >= 0.3 is 5.97 Å². The molecule has 0 fully saturated rings. The van der Waals surface area contributed by atoms with Gasteiger partial charge in [-0.05, 0) is 36.2 Å². The summed E-state index contributed by atoms with van der Waals surface area (Å²) in [5.41, 5.74) is 2.73. The third kappa shape index (κ3) is 3.20. The first kappa shape index (κ1) is 12.8. The van der Waals surface area contributed by atoms with Gasteiger partial charge in [-0.1, -0.05) is 30.3 Å². The summed E-state index contributed by atoms with van der Waals surface area (Å²) < 4.78 is 5.25. The fourth-order valence-corrected chi connectivity index (χ4v) is 1.76. The van der Waals surface area contributed by atoms with Crippen LogP contribution in [0.1, 0.15) is 27.0 Å². The van der Waals surface area contributed by atoms with Crippen molar-refractivity contribution in [3.63, 3.8) is 0 Å². The van der Waals surface area contributed by atoms with Gasteiger partial charge in [0.1, 0.15) is 6.61 Å². The number of nitrogens with zero attached hydrogens (tertiary/aromatic N) is 1. The van der Waals surface area contributed by atoms with E-state index in [0.717, 1.165) is 11.1 Å². The Kier molecular flexibility index (Phi) is 3.94. The molecule has 0 aliphatic heterocycles. The van der Waals surface area contributed by atoms with Gasteiger partial charge in [-0.15, -0.1) is 0 Å². The molecule has 19 heavy (non-hydrogen) atoms. The van der Waals surface area contributed by atoms with E-state index in [2.05, 4.69) is 0 Å². The smallest absolute Gasteiger partial charge is 0.338 e. The lowest BCUT2D eigenvalue weighted by atomic mass is 10.1. The van der Waals surface area contributed by atoms with Gasteiger partial charge in [0, 0.05) is 0 Å². The maximum Gasteiger partial charge on any atom is 0.338 e. The molecule has 0 aromatic heterocycles. The highest BCUT2D eigenvalue weighted by atomic mass is 16.5. The van der Waals surface area contributed by atoms with Crippen molar-refractivity contribution in [2.24, 2.45) is 0 Å². The fourth-order valence-electron chi connectivity index (χ4n) is 1.76. The Bertz CT molecular complexity index is 627. The van der Waals surface area contributed by atoms with Gasteiger partial charge in [0.05, 0.1) is 17.2 Å². The van der Waals surface area contributed by atoms with Crippen LogP contribution in [0.3, 0.4) is 0 Å². The first-order chi connectivity index (χ1) is 9.20. The van der Waals surface area contributed by atoms with E-state index in [4.69, 9.17) is 10.00 Å². The molecule has 2 rings (SSSR count). The zero-order chi connectivity index (χ0) is 13.7. The Labute approximate surface area is 112 Å². The molecule has 0 radical (unpaired) electrons. The van der Waals surface area contributed by atoms with Gasteiger partial charge < -0.3 is 4.74 Å². The molecular formula is C16H13NO2.